The van der Waals surface area contributed by atoms with Crippen LogP contribution in [0.1, 0.15) is 25.3 Å². The average Bonchev–Trinajstić information content (AvgIpc) is 2.95. The quantitative estimate of drug-likeness (QED) is 0.705. The molecular weight excluding hydrogens is 406 g/mol. The molecule has 8 nitrogen and oxygen atoms in total. The first kappa shape index (κ1) is 21.4. The van der Waals surface area contributed by atoms with Crippen molar-refractivity contribution in [1.29, 1.82) is 15.8 Å². The number of nitriles is 3. The number of methoxy groups -OCH3 is 1. The molecule has 1 saturated heterocycles. The summed E-state index contributed by atoms with van der Waals surface area (Å²) in [5.41, 5.74) is -4.74. The third-order valence-corrected chi connectivity index (χ3v) is 7.03. The molecule has 1 aromatic carbocycles. The number of carbonyl (C=O) groups excluding carboxylic acids is 2. The van der Waals surface area contributed by atoms with E-state index in [4.69, 9.17) is 16.3 Å². The fourth-order valence-corrected chi connectivity index (χ4v) is 5.36. The molecular formula is C21H20ClN5O3. The van der Waals surface area contributed by atoms with Gasteiger partial charge in [0.15, 0.2) is 10.8 Å². The molecule has 1 aliphatic carbocycles. The Bertz CT molecular complexity index is 1010. The monoisotopic (exact) mass is 425 g/mol. The number of nitrogens with one attached hydrogen (secondary N) is 2. The first-order valence-electron chi connectivity index (χ1n) is 9.32. The van der Waals surface area contributed by atoms with Crippen LogP contribution in [0, 0.1) is 56.7 Å². The summed E-state index contributed by atoms with van der Waals surface area (Å²) in [6.45, 7) is 3.34. The molecule has 1 aromatic rings. The molecule has 9 heteroatoms. The maximum Gasteiger partial charge on any atom is 0.245 e. The average molecular weight is 426 g/mol. The number of rotatable bonds is 4. The van der Waals surface area contributed by atoms with Crippen molar-refractivity contribution in [2.75, 3.05) is 13.0 Å². The zero-order chi connectivity index (χ0) is 22.3. The first-order valence-corrected chi connectivity index (χ1v) is 9.85. The van der Waals surface area contributed by atoms with E-state index in [0.29, 0.717) is 11.3 Å². The number of hydrogen-bond donors (Lipinski definition) is 2. The van der Waals surface area contributed by atoms with Crippen LogP contribution in [0.5, 0.6) is 5.75 Å². The summed E-state index contributed by atoms with van der Waals surface area (Å²) in [5.74, 6) is -3.38. The fourth-order valence-electron chi connectivity index (χ4n) is 5.29. The Morgan fingerprint density at radius 1 is 1.20 bits per heavy atom. The van der Waals surface area contributed by atoms with E-state index in [2.05, 4.69) is 10.6 Å². The molecule has 0 radical (unpaired) electrons. The molecule has 0 spiro atoms. The van der Waals surface area contributed by atoms with Crippen LogP contribution in [-0.2, 0) is 9.59 Å². The Balaban J connectivity index is 2.34. The fraction of sp³-hybridized carbons (Fsp3) is 0.476. The zero-order valence-corrected chi connectivity index (χ0v) is 17.4. The number of fused-ring (bicyclic) bond motifs is 2. The van der Waals surface area contributed by atoms with Gasteiger partial charge in [-0.15, -0.1) is 11.6 Å². The minimum absolute atomic E-state index is 0.342. The van der Waals surface area contributed by atoms with Crippen LogP contribution in [0.15, 0.2) is 24.3 Å². The number of benzene rings is 1. The lowest BCUT2D eigenvalue weighted by atomic mass is 9.44. The third-order valence-electron chi connectivity index (χ3n) is 6.79. The van der Waals surface area contributed by atoms with Gasteiger partial charge in [-0.1, -0.05) is 26.0 Å². The number of nitrogens with zero attached hydrogens (tertiary/aromatic N) is 3. The van der Waals surface area contributed by atoms with E-state index in [0.717, 1.165) is 0 Å². The number of amides is 2. The van der Waals surface area contributed by atoms with Crippen molar-refractivity contribution in [3.8, 4) is 24.0 Å². The highest BCUT2D eigenvalue weighted by Crippen LogP contribution is 2.66. The second kappa shape index (κ2) is 7.20. The lowest BCUT2D eigenvalue weighted by Gasteiger charge is -2.54. The molecule has 1 heterocycles. The number of ether oxygens (including phenoxy) is 1. The molecule has 5 atom stereocenters. The van der Waals surface area contributed by atoms with Crippen molar-refractivity contribution in [2.24, 2.45) is 22.7 Å². The summed E-state index contributed by atoms with van der Waals surface area (Å²) in [6, 6.07) is 12.8. The highest BCUT2D eigenvalue weighted by Gasteiger charge is 2.80. The molecule has 30 heavy (non-hydrogen) atoms. The molecule has 154 valence electrons. The van der Waals surface area contributed by atoms with Gasteiger partial charge >= 0.3 is 0 Å². The number of hydrogen-bond acceptors (Lipinski definition) is 6. The van der Waals surface area contributed by atoms with Crippen LogP contribution in [0.4, 0.5) is 0 Å². The van der Waals surface area contributed by atoms with Crippen LogP contribution in [-0.4, -0.2) is 30.5 Å². The van der Waals surface area contributed by atoms with E-state index in [1.54, 1.807) is 38.1 Å². The summed E-state index contributed by atoms with van der Waals surface area (Å²) in [5, 5.41) is 36.1. The number of alkyl halides is 1. The molecule has 3 rings (SSSR count). The topological polar surface area (TPSA) is 139 Å². The van der Waals surface area contributed by atoms with E-state index in [1.807, 2.05) is 18.2 Å². The van der Waals surface area contributed by atoms with E-state index in [9.17, 15) is 25.4 Å². The number of carbonyl (C=O) groups is 2. The van der Waals surface area contributed by atoms with Crippen molar-refractivity contribution in [3.63, 3.8) is 0 Å². The molecule has 0 aromatic heterocycles. The maximum absolute atomic E-state index is 13.2. The second-order valence-corrected chi connectivity index (χ2v) is 7.98. The Morgan fingerprint density at radius 3 is 2.27 bits per heavy atom. The van der Waals surface area contributed by atoms with Crippen molar-refractivity contribution >= 4 is 23.4 Å². The predicted octanol–water partition coefficient (Wildman–Crippen LogP) is 1.79. The van der Waals surface area contributed by atoms with E-state index in [-0.39, 0.29) is 5.88 Å². The Morgan fingerprint density at radius 2 is 1.80 bits per heavy atom. The lowest BCUT2D eigenvalue weighted by Crippen LogP contribution is -2.69. The van der Waals surface area contributed by atoms with Crippen LogP contribution >= 0.6 is 11.6 Å². The highest BCUT2D eigenvalue weighted by molar-refractivity contribution is 6.27. The van der Waals surface area contributed by atoms with Crippen LogP contribution in [0.25, 0.3) is 0 Å². The molecule has 2 bridgehead atoms. The normalized spacial score (nSPS) is 33.4. The zero-order valence-electron chi connectivity index (χ0n) is 16.7. The lowest BCUT2D eigenvalue weighted by molar-refractivity contribution is -0.130. The van der Waals surface area contributed by atoms with E-state index in [1.165, 1.54) is 7.11 Å². The molecule has 0 unspecified atom stereocenters. The molecule has 2 amide bonds. The van der Waals surface area contributed by atoms with Gasteiger partial charge in [0.2, 0.25) is 11.8 Å². The van der Waals surface area contributed by atoms with Crippen molar-refractivity contribution in [2.45, 2.75) is 25.4 Å². The van der Waals surface area contributed by atoms with Crippen LogP contribution in [0.2, 0.25) is 0 Å². The van der Waals surface area contributed by atoms with E-state index >= 15 is 0 Å². The van der Waals surface area contributed by atoms with Crippen molar-refractivity contribution < 1.29 is 14.3 Å². The summed E-state index contributed by atoms with van der Waals surface area (Å²) in [6.07, 6.45) is 0. The van der Waals surface area contributed by atoms with Gasteiger partial charge in [0, 0.05) is 17.8 Å². The minimum atomic E-state index is -1.99. The summed E-state index contributed by atoms with van der Waals surface area (Å²) < 4.78 is 5.18. The Hall–Kier alpha value is -3.28. The summed E-state index contributed by atoms with van der Waals surface area (Å²) in [4.78, 5) is 25.5. The van der Waals surface area contributed by atoms with Crippen molar-refractivity contribution in [1.82, 2.24) is 10.6 Å². The smallest absolute Gasteiger partial charge is 0.245 e. The largest absolute Gasteiger partial charge is 0.497 e. The third kappa shape index (κ3) is 2.36. The number of halogens is 1. The summed E-state index contributed by atoms with van der Waals surface area (Å²) in [7, 11) is 1.51. The van der Waals surface area contributed by atoms with Gasteiger partial charge in [-0.05, 0) is 17.7 Å². The molecule has 2 N–H and O–H groups in total. The maximum atomic E-state index is 13.2. The molecule has 1 saturated carbocycles. The second-order valence-electron chi connectivity index (χ2n) is 7.72. The van der Waals surface area contributed by atoms with Gasteiger partial charge in [-0.3, -0.25) is 9.59 Å². The highest BCUT2D eigenvalue weighted by atomic mass is 35.5. The van der Waals surface area contributed by atoms with Crippen LogP contribution < -0.4 is 15.4 Å². The van der Waals surface area contributed by atoms with Gasteiger partial charge < -0.3 is 15.4 Å². The molecule has 2 aliphatic rings. The van der Waals surface area contributed by atoms with Crippen molar-refractivity contribution in [3.05, 3.63) is 29.8 Å². The first-order chi connectivity index (χ1) is 14.2. The van der Waals surface area contributed by atoms with Gasteiger partial charge in [-0.25, -0.2) is 0 Å². The van der Waals surface area contributed by atoms with Crippen LogP contribution in [0.3, 0.4) is 0 Å². The Labute approximate surface area is 179 Å². The van der Waals surface area contributed by atoms with E-state index < -0.39 is 46.1 Å². The van der Waals surface area contributed by atoms with Gasteiger partial charge in [0.25, 0.3) is 0 Å². The van der Waals surface area contributed by atoms with Gasteiger partial charge in [-0.2, -0.15) is 15.8 Å². The summed E-state index contributed by atoms with van der Waals surface area (Å²) >= 11 is 5.69. The Kier molecular flexibility index (Phi) is 5.14. The molecule has 1 aliphatic heterocycles. The minimum Gasteiger partial charge on any atom is -0.497 e. The predicted molar refractivity (Wildman–Crippen MR) is 106 cm³/mol. The molecule has 2 fully saturated rings. The van der Waals surface area contributed by atoms with Gasteiger partial charge in [0.05, 0.1) is 25.3 Å². The standard InChI is InChI=1S/C21H20ClN5O3/c1-12-17(14-4-6-15(30-3)7-5-14)19(9-23,10-24)20(11-25)13(2)21(12,27-18(20)29)26-16(28)8-22/h4-7,12-13,17H,8H2,1-3H3,(H,26,28)(H,27,29)/t12-,13+,17+,20-,21-/m1/s1. The van der Waals surface area contributed by atoms with Gasteiger partial charge in [0.1, 0.15) is 17.3 Å². The SMILES string of the molecule is COc1ccc([C@@H]2[C@@H](C)[C@@]3(NC(=O)CCl)NC(=O)[C@@](C#N)([C@@H]3C)C2(C#N)C#N)cc1.